The van der Waals surface area contributed by atoms with Gasteiger partial charge in [0.15, 0.2) is 6.23 Å². The number of rotatable bonds is 6. The highest BCUT2D eigenvalue weighted by atomic mass is 32.1. The molecule has 1 aromatic heterocycles. The van der Waals surface area contributed by atoms with Gasteiger partial charge in [-0.3, -0.25) is 0 Å². The summed E-state index contributed by atoms with van der Waals surface area (Å²) in [5.74, 6) is 0.846. The van der Waals surface area contributed by atoms with Crippen LogP contribution in [0.1, 0.15) is 36.8 Å². The second-order valence-electron chi connectivity index (χ2n) is 15.3. The average Bonchev–Trinajstić information content (AvgIpc) is 3.92. The summed E-state index contributed by atoms with van der Waals surface area (Å²) in [6, 6.07) is 65.9. The third-order valence-electron chi connectivity index (χ3n) is 11.7. The van der Waals surface area contributed by atoms with Gasteiger partial charge < -0.3 is 15.0 Å². The minimum atomic E-state index is -0.228. The summed E-state index contributed by atoms with van der Waals surface area (Å²) in [4.78, 5) is 2.37. The van der Waals surface area contributed by atoms with Crippen molar-refractivity contribution in [3.63, 3.8) is 0 Å². The number of hydrogen-bond acceptors (Lipinski definition) is 4. The number of thiophene rings is 1. The molecule has 0 amide bonds. The highest BCUT2D eigenvalue weighted by Crippen LogP contribution is 2.52. The minimum absolute atomic E-state index is 0.116. The lowest BCUT2D eigenvalue weighted by Gasteiger charge is -2.28. The maximum absolute atomic E-state index is 6.55. The number of ether oxygens (including phenoxy) is 1. The van der Waals surface area contributed by atoms with Crippen molar-refractivity contribution in [2.75, 3.05) is 10.2 Å². The Morgan fingerprint density at radius 2 is 1.07 bits per heavy atom. The van der Waals surface area contributed by atoms with Crippen LogP contribution in [0, 0.1) is 0 Å². The fourth-order valence-electron chi connectivity index (χ4n) is 8.90. The minimum Gasteiger partial charge on any atom is -0.464 e. The van der Waals surface area contributed by atoms with Gasteiger partial charge in [-0.15, -0.1) is 11.3 Å². The van der Waals surface area contributed by atoms with Crippen LogP contribution in [0.25, 0.3) is 53.6 Å². The largest absolute Gasteiger partial charge is 0.464 e. The zero-order chi connectivity index (χ0) is 37.4. The fraction of sp³-hybridized carbons (Fsp3) is 0.0769. The van der Waals surface area contributed by atoms with Gasteiger partial charge in [0.2, 0.25) is 0 Å². The molecule has 1 aliphatic carbocycles. The molecule has 0 radical (unpaired) electrons. The molecular weight excluding hydrogens is 701 g/mol. The molecule has 9 aromatic rings. The SMILES string of the molecule is CC1(C)c2ccccc2-c2ccc(N(c3ccc(-c4cccc5c4sc4c(-c6ccccc6)cccc45)cc3)c3ccc4c(c3)OC(c3ccccc3)N4)cc21. The van der Waals surface area contributed by atoms with E-state index < -0.39 is 0 Å². The van der Waals surface area contributed by atoms with Crippen molar-refractivity contribution in [1.29, 1.82) is 0 Å². The predicted molar refractivity (Wildman–Crippen MR) is 236 cm³/mol. The molecular formula is C52H38N2OS. The molecule has 11 rings (SSSR count). The van der Waals surface area contributed by atoms with Crippen LogP contribution in [0.2, 0.25) is 0 Å². The highest BCUT2D eigenvalue weighted by Gasteiger charge is 2.36. The number of benzene rings is 8. The Labute approximate surface area is 331 Å². The topological polar surface area (TPSA) is 24.5 Å². The van der Waals surface area contributed by atoms with Crippen LogP contribution < -0.4 is 15.0 Å². The Balaban J connectivity index is 1.02. The molecule has 1 unspecified atom stereocenters. The summed E-state index contributed by atoms with van der Waals surface area (Å²) in [7, 11) is 0. The van der Waals surface area contributed by atoms with Crippen LogP contribution in [0.4, 0.5) is 22.7 Å². The second-order valence-corrected chi connectivity index (χ2v) is 16.4. The first-order chi connectivity index (χ1) is 27.5. The lowest BCUT2D eigenvalue weighted by molar-refractivity contribution is 0.260. The molecule has 1 atom stereocenters. The standard InChI is InChI=1S/C52H38N2OS/c1-52(2)45-22-10-9-17-41(45)42-29-27-37(31-46(42)52)54(38-28-30-47-48(32-38)55-51(53-47)35-15-7-4-8-16-35)36-25-23-34(24-26-36)40-19-12-21-44-43-20-11-18-39(49(43)56-50(40)44)33-13-5-3-6-14-33/h3-32,51,53H,1-2H3. The molecule has 56 heavy (non-hydrogen) atoms. The van der Waals surface area contributed by atoms with Crippen molar-refractivity contribution >= 4 is 54.3 Å². The van der Waals surface area contributed by atoms with Gasteiger partial charge >= 0.3 is 0 Å². The summed E-state index contributed by atoms with van der Waals surface area (Å²) in [5, 5.41) is 6.18. The van der Waals surface area contributed by atoms with E-state index in [0.717, 1.165) is 34.1 Å². The maximum Gasteiger partial charge on any atom is 0.196 e. The van der Waals surface area contributed by atoms with E-state index >= 15 is 0 Å². The molecule has 4 heteroatoms. The monoisotopic (exact) mass is 738 g/mol. The van der Waals surface area contributed by atoms with Crippen LogP contribution in [-0.4, -0.2) is 0 Å². The summed E-state index contributed by atoms with van der Waals surface area (Å²) < 4.78 is 9.19. The molecule has 2 aliphatic rings. The third kappa shape index (κ3) is 5.17. The van der Waals surface area contributed by atoms with Gasteiger partial charge in [0.1, 0.15) is 5.75 Å². The molecule has 0 fully saturated rings. The van der Waals surface area contributed by atoms with Crippen molar-refractivity contribution in [3.05, 3.63) is 199 Å². The second kappa shape index (κ2) is 12.7. The molecule has 3 nitrogen and oxygen atoms in total. The maximum atomic E-state index is 6.55. The van der Waals surface area contributed by atoms with E-state index in [1.54, 1.807) is 0 Å². The average molecular weight is 739 g/mol. The third-order valence-corrected chi connectivity index (χ3v) is 13.0. The van der Waals surface area contributed by atoms with E-state index in [1.807, 2.05) is 17.4 Å². The first-order valence-corrected chi connectivity index (χ1v) is 20.1. The van der Waals surface area contributed by atoms with E-state index in [0.29, 0.717) is 0 Å². The van der Waals surface area contributed by atoms with E-state index in [-0.39, 0.29) is 11.6 Å². The molecule has 0 spiro atoms. The van der Waals surface area contributed by atoms with Crippen LogP contribution in [0.15, 0.2) is 182 Å². The molecule has 0 bridgehead atoms. The van der Waals surface area contributed by atoms with Gasteiger partial charge in [0, 0.05) is 54.3 Å². The van der Waals surface area contributed by atoms with Crippen molar-refractivity contribution in [2.45, 2.75) is 25.5 Å². The summed E-state index contributed by atoms with van der Waals surface area (Å²) in [6.45, 7) is 4.69. The Morgan fingerprint density at radius 1 is 0.500 bits per heavy atom. The smallest absolute Gasteiger partial charge is 0.196 e. The van der Waals surface area contributed by atoms with Gasteiger partial charge in [0.05, 0.1) is 5.69 Å². The lowest BCUT2D eigenvalue weighted by atomic mass is 9.82. The first-order valence-electron chi connectivity index (χ1n) is 19.3. The van der Waals surface area contributed by atoms with E-state index in [1.165, 1.54) is 64.7 Å². The van der Waals surface area contributed by atoms with E-state index in [4.69, 9.17) is 4.74 Å². The van der Waals surface area contributed by atoms with Crippen molar-refractivity contribution in [2.24, 2.45) is 0 Å². The van der Waals surface area contributed by atoms with Gasteiger partial charge in [-0.1, -0.05) is 153 Å². The van der Waals surface area contributed by atoms with E-state index in [9.17, 15) is 0 Å². The van der Waals surface area contributed by atoms with Gasteiger partial charge in [-0.2, -0.15) is 0 Å². The molecule has 2 heterocycles. The summed E-state index contributed by atoms with van der Waals surface area (Å²) >= 11 is 1.89. The van der Waals surface area contributed by atoms with Crippen LogP contribution in [0.3, 0.4) is 0 Å². The van der Waals surface area contributed by atoms with Crippen LogP contribution in [-0.2, 0) is 5.41 Å². The molecule has 268 valence electrons. The van der Waals surface area contributed by atoms with Gasteiger partial charge in [-0.25, -0.2) is 0 Å². The first kappa shape index (κ1) is 32.8. The van der Waals surface area contributed by atoms with Crippen molar-refractivity contribution < 1.29 is 4.74 Å². The number of nitrogens with one attached hydrogen (secondary N) is 1. The van der Waals surface area contributed by atoms with E-state index in [2.05, 4.69) is 200 Å². The number of hydrogen-bond donors (Lipinski definition) is 1. The Hall–Kier alpha value is -6.62. The zero-order valence-electron chi connectivity index (χ0n) is 31.2. The Kier molecular flexibility index (Phi) is 7.45. The number of anilines is 4. The van der Waals surface area contributed by atoms with Gasteiger partial charge in [-0.05, 0) is 80.9 Å². The zero-order valence-corrected chi connectivity index (χ0v) is 32.0. The van der Waals surface area contributed by atoms with Crippen molar-refractivity contribution in [3.8, 4) is 39.1 Å². The molecule has 1 aliphatic heterocycles. The molecule has 8 aromatic carbocycles. The van der Waals surface area contributed by atoms with Crippen LogP contribution >= 0.6 is 11.3 Å². The number of fused-ring (bicyclic) bond motifs is 7. The highest BCUT2D eigenvalue weighted by molar-refractivity contribution is 7.26. The normalized spacial score (nSPS) is 14.9. The molecule has 0 saturated heterocycles. The summed E-state index contributed by atoms with van der Waals surface area (Å²) in [5.41, 5.74) is 15.5. The number of nitrogens with zero attached hydrogens (tertiary/aromatic N) is 1. The predicted octanol–water partition coefficient (Wildman–Crippen LogP) is 14.7. The Morgan fingerprint density at radius 3 is 1.80 bits per heavy atom. The summed E-state index contributed by atoms with van der Waals surface area (Å²) in [6.07, 6.45) is -0.228. The fourth-order valence-corrected chi connectivity index (χ4v) is 10.3. The Bertz CT molecular complexity index is 2950. The lowest BCUT2D eigenvalue weighted by Crippen LogP contribution is -2.16. The molecule has 1 N–H and O–H groups in total. The molecule has 0 saturated carbocycles. The van der Waals surface area contributed by atoms with Crippen molar-refractivity contribution in [1.82, 2.24) is 0 Å². The van der Waals surface area contributed by atoms with Crippen LogP contribution in [0.5, 0.6) is 5.75 Å². The quantitative estimate of drug-likeness (QED) is 0.184. The van der Waals surface area contributed by atoms with Gasteiger partial charge in [0.25, 0.3) is 0 Å².